The molecule has 7 nitrogen and oxygen atoms in total. The second-order valence-electron chi connectivity index (χ2n) is 12.4. The molecule has 0 unspecified atom stereocenters. The van der Waals surface area contributed by atoms with Crippen molar-refractivity contribution in [1.29, 1.82) is 0 Å². The van der Waals surface area contributed by atoms with Gasteiger partial charge in [0.1, 0.15) is 12.4 Å². The molecule has 0 aromatic carbocycles. The van der Waals surface area contributed by atoms with Crippen LogP contribution in [0.3, 0.4) is 0 Å². The van der Waals surface area contributed by atoms with E-state index >= 15 is 0 Å². The van der Waals surface area contributed by atoms with Gasteiger partial charge in [-0.15, -0.1) is 0 Å². The van der Waals surface area contributed by atoms with Crippen LogP contribution in [0, 0.1) is 0 Å². The van der Waals surface area contributed by atoms with Gasteiger partial charge in [0.25, 0.3) is 10.1 Å². The van der Waals surface area contributed by atoms with Crippen LogP contribution in [0.4, 0.5) is 0 Å². The molecule has 0 aliphatic rings. The number of hydrogen-bond donors (Lipinski definition) is 1. The number of allylic oxidation sites excluding steroid dienone is 5. The number of unbranched alkanes of at least 4 members (excludes halogenated alkanes) is 16. The summed E-state index contributed by atoms with van der Waals surface area (Å²) < 4.78 is 40.2. The van der Waals surface area contributed by atoms with E-state index < -0.39 is 21.8 Å². The van der Waals surface area contributed by atoms with Crippen molar-refractivity contribution in [3.63, 3.8) is 0 Å². The molecule has 0 fully saturated rings. The highest BCUT2D eigenvalue weighted by atomic mass is 32.2. The third kappa shape index (κ3) is 34.8. The summed E-state index contributed by atoms with van der Waals surface area (Å²) in [5, 5.41) is 0. The molecular weight excluding hydrogens is 588 g/mol. The van der Waals surface area contributed by atoms with E-state index in [1.165, 1.54) is 89.5 Å². The monoisotopic (exact) mass is 654 g/mol. The van der Waals surface area contributed by atoms with Gasteiger partial charge in [-0.2, -0.15) is 8.42 Å². The Hall–Kier alpha value is -1.93. The normalized spacial score (nSPS) is 13.1. The number of esters is 2. The Balaban J connectivity index is 3.60. The first-order valence-electron chi connectivity index (χ1n) is 17.9. The highest BCUT2D eigenvalue weighted by Gasteiger charge is 2.09. The van der Waals surface area contributed by atoms with Crippen molar-refractivity contribution >= 4 is 22.1 Å². The molecule has 8 heteroatoms. The van der Waals surface area contributed by atoms with Gasteiger partial charge in [-0.05, 0) is 78.1 Å². The lowest BCUT2D eigenvalue weighted by molar-refractivity contribution is -0.148. The fourth-order valence-corrected chi connectivity index (χ4v) is 5.34. The quantitative estimate of drug-likeness (QED) is 0.0260. The average molecular weight is 655 g/mol. The second kappa shape index (κ2) is 30.7. The molecule has 0 aliphatic heterocycles. The molecule has 0 radical (unpaired) electrons. The molecule has 0 spiro atoms. The predicted octanol–water partition coefficient (Wildman–Crippen LogP) is 10.4. The van der Waals surface area contributed by atoms with E-state index in [1.54, 1.807) is 0 Å². The number of ether oxygens (including phenoxy) is 2. The van der Waals surface area contributed by atoms with Crippen molar-refractivity contribution in [2.75, 3.05) is 12.4 Å². The van der Waals surface area contributed by atoms with Crippen molar-refractivity contribution in [2.24, 2.45) is 0 Å². The maximum absolute atomic E-state index is 12.1. The van der Waals surface area contributed by atoms with E-state index in [1.807, 2.05) is 13.8 Å². The maximum atomic E-state index is 12.1. The summed E-state index contributed by atoms with van der Waals surface area (Å²) in [7, 11) is -4.14. The van der Waals surface area contributed by atoms with Gasteiger partial charge in [-0.3, -0.25) is 9.35 Å². The summed E-state index contributed by atoms with van der Waals surface area (Å²) in [5.74, 6) is -1.36. The third-order valence-electron chi connectivity index (χ3n) is 7.77. The largest absolute Gasteiger partial charge is 0.463 e. The summed E-state index contributed by atoms with van der Waals surface area (Å²) >= 11 is 0. The molecule has 0 aromatic heterocycles. The Bertz CT molecular complexity index is 921. The summed E-state index contributed by atoms with van der Waals surface area (Å²) in [6.45, 7) is 5.66. The topological polar surface area (TPSA) is 107 Å². The Morgan fingerprint density at radius 1 is 0.689 bits per heavy atom. The SMILES string of the molecule is CCCCCCCCCCCCCC/C=C\CC/C=C\CCCC(=O)O[C@H](C)CCCCC/C(C)=C\C(=O)OCCS(=O)(=O)O. The van der Waals surface area contributed by atoms with E-state index in [9.17, 15) is 18.0 Å². The molecule has 0 aliphatic carbocycles. The zero-order valence-electron chi connectivity index (χ0n) is 28.9. The molecule has 0 aromatic rings. The minimum absolute atomic E-state index is 0.107. The molecule has 0 saturated carbocycles. The molecule has 0 bridgehead atoms. The van der Waals surface area contributed by atoms with Crippen LogP contribution < -0.4 is 0 Å². The van der Waals surface area contributed by atoms with Crippen LogP contribution in [0.15, 0.2) is 36.0 Å². The van der Waals surface area contributed by atoms with Gasteiger partial charge in [-0.25, -0.2) is 4.79 Å². The van der Waals surface area contributed by atoms with Crippen LogP contribution in [0.1, 0.15) is 168 Å². The Labute approximate surface area is 276 Å². The molecule has 1 atom stereocenters. The molecule has 0 saturated heterocycles. The summed E-state index contributed by atoms with van der Waals surface area (Å²) in [6, 6.07) is 0. The minimum Gasteiger partial charge on any atom is -0.463 e. The predicted molar refractivity (Wildman–Crippen MR) is 187 cm³/mol. The van der Waals surface area contributed by atoms with Crippen molar-refractivity contribution in [2.45, 2.75) is 175 Å². The van der Waals surface area contributed by atoms with Gasteiger partial charge in [0.15, 0.2) is 0 Å². The molecule has 0 amide bonds. The van der Waals surface area contributed by atoms with E-state index in [4.69, 9.17) is 14.0 Å². The minimum atomic E-state index is -4.14. The number of rotatable bonds is 31. The van der Waals surface area contributed by atoms with Crippen LogP contribution in [-0.4, -0.2) is 43.4 Å². The second-order valence-corrected chi connectivity index (χ2v) is 14.0. The van der Waals surface area contributed by atoms with Gasteiger partial charge in [0.05, 0.1) is 6.10 Å². The van der Waals surface area contributed by atoms with Gasteiger partial charge in [0, 0.05) is 12.5 Å². The molecular formula is C37H66O7S. The fraction of sp³-hybridized carbons (Fsp3) is 0.784. The van der Waals surface area contributed by atoms with Crippen LogP contribution in [-0.2, 0) is 29.2 Å². The number of carbonyl (C=O) groups excluding carboxylic acids is 2. The molecule has 0 rings (SSSR count). The standard InChI is InChI=1S/C37H66O7S/c1-4-5-6-7-8-9-10-11-12-13-14-15-16-17-18-19-20-21-22-23-27-30-36(38)44-35(3)29-26-24-25-28-34(2)33-37(39)43-31-32-45(40,41)42/h17-18,21-22,33,35H,4-16,19-20,23-32H2,1-3H3,(H,40,41,42)/b18-17-,22-21-,34-33-/t35-/m1/s1. The first kappa shape index (κ1) is 43.1. The molecule has 1 N–H and O–H groups in total. The lowest BCUT2D eigenvalue weighted by atomic mass is 10.0. The van der Waals surface area contributed by atoms with E-state index in [-0.39, 0.29) is 18.7 Å². The number of hydrogen-bond acceptors (Lipinski definition) is 6. The van der Waals surface area contributed by atoms with Gasteiger partial charge in [-0.1, -0.05) is 114 Å². The highest BCUT2D eigenvalue weighted by molar-refractivity contribution is 7.85. The Kier molecular flexibility index (Phi) is 29.4. The summed E-state index contributed by atoms with van der Waals surface area (Å²) in [4.78, 5) is 23.8. The zero-order valence-corrected chi connectivity index (χ0v) is 29.8. The molecule has 262 valence electrons. The van der Waals surface area contributed by atoms with E-state index in [2.05, 4.69) is 31.2 Å². The zero-order chi connectivity index (χ0) is 33.4. The smallest absolute Gasteiger partial charge is 0.330 e. The van der Waals surface area contributed by atoms with Gasteiger partial charge >= 0.3 is 11.9 Å². The molecule has 45 heavy (non-hydrogen) atoms. The summed E-state index contributed by atoms with van der Waals surface area (Å²) in [6.07, 6.45) is 36.8. The van der Waals surface area contributed by atoms with Crippen molar-refractivity contribution in [1.82, 2.24) is 0 Å². The lowest BCUT2D eigenvalue weighted by Gasteiger charge is -2.13. The first-order chi connectivity index (χ1) is 21.6. The van der Waals surface area contributed by atoms with Gasteiger partial charge in [0.2, 0.25) is 0 Å². The average Bonchev–Trinajstić information content (AvgIpc) is 2.97. The lowest BCUT2D eigenvalue weighted by Crippen LogP contribution is -2.14. The van der Waals surface area contributed by atoms with Crippen LogP contribution in [0.25, 0.3) is 0 Å². The van der Waals surface area contributed by atoms with Crippen molar-refractivity contribution in [3.05, 3.63) is 36.0 Å². The van der Waals surface area contributed by atoms with E-state index in [0.717, 1.165) is 63.4 Å². The fourth-order valence-electron chi connectivity index (χ4n) is 5.05. The van der Waals surface area contributed by atoms with Crippen LogP contribution in [0.5, 0.6) is 0 Å². The van der Waals surface area contributed by atoms with Gasteiger partial charge < -0.3 is 9.47 Å². The Morgan fingerprint density at radius 2 is 1.20 bits per heavy atom. The number of carbonyl (C=O) groups is 2. The first-order valence-corrected chi connectivity index (χ1v) is 19.5. The van der Waals surface area contributed by atoms with E-state index in [0.29, 0.717) is 6.42 Å². The Morgan fingerprint density at radius 3 is 1.78 bits per heavy atom. The highest BCUT2D eigenvalue weighted by Crippen LogP contribution is 2.14. The summed E-state index contributed by atoms with van der Waals surface area (Å²) in [5.41, 5.74) is 0.849. The van der Waals surface area contributed by atoms with Crippen molar-refractivity contribution < 1.29 is 32.0 Å². The van der Waals surface area contributed by atoms with Crippen LogP contribution in [0.2, 0.25) is 0 Å². The third-order valence-corrected chi connectivity index (χ3v) is 8.46. The maximum Gasteiger partial charge on any atom is 0.330 e. The van der Waals surface area contributed by atoms with Crippen molar-refractivity contribution in [3.8, 4) is 0 Å². The molecule has 0 heterocycles. The van der Waals surface area contributed by atoms with Crippen LogP contribution >= 0.6 is 0 Å².